The lowest BCUT2D eigenvalue weighted by atomic mass is 10.2. The number of carbonyl (C=O) groups is 2. The zero-order valence-corrected chi connectivity index (χ0v) is 13.9. The number of imide groups is 1. The number of anilines is 1. The number of carbonyl (C=O) groups excluding carboxylic acids is 2. The van der Waals surface area contributed by atoms with Crippen LogP contribution in [0.2, 0.25) is 10.0 Å². The van der Waals surface area contributed by atoms with E-state index in [0.717, 1.165) is 31.3 Å². The second-order valence-corrected chi connectivity index (χ2v) is 5.52. The highest BCUT2D eigenvalue weighted by atomic mass is 35.5. The molecule has 10 heteroatoms. The zero-order chi connectivity index (χ0) is 18.9. The summed E-state index contributed by atoms with van der Waals surface area (Å²) in [7, 11) is 1.02. The van der Waals surface area contributed by atoms with Gasteiger partial charge in [0.05, 0.1) is 10.7 Å². The van der Waals surface area contributed by atoms with Crippen molar-refractivity contribution >= 4 is 40.8 Å². The van der Waals surface area contributed by atoms with Gasteiger partial charge in [0.2, 0.25) is 0 Å². The number of nitrogens with one attached hydrogen (secondary N) is 1. The first-order chi connectivity index (χ1) is 11.6. The Hall–Kier alpha value is -2.32. The molecule has 0 fully saturated rings. The fourth-order valence-corrected chi connectivity index (χ4v) is 2.32. The summed E-state index contributed by atoms with van der Waals surface area (Å²) >= 11 is 11.0. The van der Waals surface area contributed by atoms with E-state index in [1.165, 1.54) is 0 Å². The summed E-state index contributed by atoms with van der Waals surface area (Å²) in [5.41, 5.74) is -1.53. The molecule has 0 saturated heterocycles. The highest BCUT2D eigenvalue weighted by Crippen LogP contribution is 2.33. The minimum Gasteiger partial charge on any atom is -0.294 e. The van der Waals surface area contributed by atoms with Gasteiger partial charge in [-0.3, -0.25) is 15.0 Å². The molecule has 2 aromatic rings. The molecule has 0 radical (unpaired) electrons. The highest BCUT2D eigenvalue weighted by Gasteiger charge is 2.25. The van der Waals surface area contributed by atoms with Crippen LogP contribution < -0.4 is 10.2 Å². The standard InChI is InChI=1S/C15H8Cl2F4N2O2/c1-23(9-5-6(16)12(20)11(17)13(9)21)15(25)22-14(24)10-7(18)3-2-4-8(10)19/h2-5H,1H3,(H,22,24,25). The number of urea groups is 1. The average Bonchev–Trinajstić information content (AvgIpc) is 2.55. The smallest absolute Gasteiger partial charge is 0.294 e. The quantitative estimate of drug-likeness (QED) is 0.461. The molecule has 0 aliphatic carbocycles. The van der Waals surface area contributed by atoms with Crippen molar-refractivity contribution in [2.45, 2.75) is 0 Å². The second-order valence-electron chi connectivity index (χ2n) is 4.73. The van der Waals surface area contributed by atoms with Crippen LogP contribution in [-0.2, 0) is 0 Å². The molecule has 2 aromatic carbocycles. The fraction of sp³-hybridized carbons (Fsp3) is 0.0667. The van der Waals surface area contributed by atoms with E-state index in [4.69, 9.17) is 23.2 Å². The van der Waals surface area contributed by atoms with Crippen LogP contribution in [0, 0.1) is 23.3 Å². The maximum atomic E-state index is 14.0. The Morgan fingerprint density at radius 3 is 2.16 bits per heavy atom. The first-order valence-corrected chi connectivity index (χ1v) is 7.26. The molecule has 0 heterocycles. The van der Waals surface area contributed by atoms with Crippen molar-refractivity contribution in [2.75, 3.05) is 11.9 Å². The van der Waals surface area contributed by atoms with Crippen molar-refractivity contribution in [3.63, 3.8) is 0 Å². The third-order valence-electron chi connectivity index (χ3n) is 3.16. The second kappa shape index (κ2) is 7.28. The van der Waals surface area contributed by atoms with Gasteiger partial charge in [-0.05, 0) is 18.2 Å². The summed E-state index contributed by atoms with van der Waals surface area (Å²) in [6.45, 7) is 0. The van der Waals surface area contributed by atoms with Gasteiger partial charge in [-0.2, -0.15) is 0 Å². The van der Waals surface area contributed by atoms with Crippen molar-refractivity contribution in [3.8, 4) is 0 Å². The zero-order valence-electron chi connectivity index (χ0n) is 12.3. The Labute approximate surface area is 148 Å². The molecule has 0 unspecified atom stereocenters. The number of hydrogen-bond acceptors (Lipinski definition) is 2. The van der Waals surface area contributed by atoms with Gasteiger partial charge in [0, 0.05) is 7.05 Å². The number of amides is 3. The molecule has 0 atom stereocenters. The van der Waals surface area contributed by atoms with Crippen molar-refractivity contribution in [3.05, 3.63) is 63.1 Å². The molecule has 0 aliphatic rings. The summed E-state index contributed by atoms with van der Waals surface area (Å²) < 4.78 is 54.4. The van der Waals surface area contributed by atoms with E-state index < -0.39 is 56.5 Å². The molecule has 25 heavy (non-hydrogen) atoms. The van der Waals surface area contributed by atoms with Gasteiger partial charge in [-0.1, -0.05) is 29.3 Å². The minimum absolute atomic E-state index is 0.545. The van der Waals surface area contributed by atoms with Crippen molar-refractivity contribution < 1.29 is 27.2 Å². The van der Waals surface area contributed by atoms with Crippen LogP contribution in [-0.4, -0.2) is 19.0 Å². The normalized spacial score (nSPS) is 10.5. The number of halogens is 6. The summed E-state index contributed by atoms with van der Waals surface area (Å²) in [6, 6.07) is 2.21. The van der Waals surface area contributed by atoms with Gasteiger partial charge < -0.3 is 0 Å². The van der Waals surface area contributed by atoms with Crippen LogP contribution in [0.4, 0.5) is 28.0 Å². The van der Waals surface area contributed by atoms with Crippen LogP contribution in [0.25, 0.3) is 0 Å². The van der Waals surface area contributed by atoms with Gasteiger partial charge >= 0.3 is 6.03 Å². The van der Waals surface area contributed by atoms with Gasteiger partial charge in [0.25, 0.3) is 5.91 Å². The van der Waals surface area contributed by atoms with Gasteiger partial charge in [-0.25, -0.2) is 22.4 Å². The molecular weight excluding hydrogens is 387 g/mol. The van der Waals surface area contributed by atoms with E-state index >= 15 is 0 Å². The molecule has 2 rings (SSSR count). The third-order valence-corrected chi connectivity index (χ3v) is 3.77. The maximum absolute atomic E-state index is 14.0. The molecule has 0 spiro atoms. The molecule has 0 saturated carbocycles. The topological polar surface area (TPSA) is 49.4 Å². The Morgan fingerprint density at radius 1 is 1.04 bits per heavy atom. The van der Waals surface area contributed by atoms with Crippen LogP contribution in [0.1, 0.15) is 10.4 Å². The average molecular weight is 395 g/mol. The van der Waals surface area contributed by atoms with Gasteiger partial charge in [-0.15, -0.1) is 0 Å². The highest BCUT2D eigenvalue weighted by molar-refractivity contribution is 6.35. The van der Waals surface area contributed by atoms with E-state index in [0.29, 0.717) is 4.90 Å². The lowest BCUT2D eigenvalue weighted by Gasteiger charge is -2.19. The van der Waals surface area contributed by atoms with Crippen LogP contribution in [0.15, 0.2) is 24.3 Å². The summed E-state index contributed by atoms with van der Waals surface area (Å²) in [5, 5.41) is 0.166. The Balaban J connectivity index is 2.29. The predicted octanol–water partition coefficient (Wildman–Crippen LogP) is 4.54. The minimum atomic E-state index is -1.38. The Morgan fingerprint density at radius 2 is 1.60 bits per heavy atom. The number of rotatable bonds is 2. The predicted molar refractivity (Wildman–Crippen MR) is 84.0 cm³/mol. The largest absolute Gasteiger partial charge is 0.328 e. The first-order valence-electron chi connectivity index (χ1n) is 6.51. The van der Waals surface area contributed by atoms with E-state index in [-0.39, 0.29) is 0 Å². The van der Waals surface area contributed by atoms with Crippen molar-refractivity contribution in [2.24, 2.45) is 0 Å². The van der Waals surface area contributed by atoms with Crippen LogP contribution in [0.5, 0.6) is 0 Å². The number of hydrogen-bond donors (Lipinski definition) is 1. The van der Waals surface area contributed by atoms with Gasteiger partial charge in [0.15, 0.2) is 11.6 Å². The Kier molecular flexibility index (Phi) is 5.54. The molecule has 1 N–H and O–H groups in total. The van der Waals surface area contributed by atoms with E-state index in [2.05, 4.69) is 0 Å². The number of nitrogens with zero attached hydrogens (tertiary/aromatic N) is 1. The van der Waals surface area contributed by atoms with E-state index in [9.17, 15) is 27.2 Å². The van der Waals surface area contributed by atoms with Crippen molar-refractivity contribution in [1.29, 1.82) is 0 Å². The summed E-state index contributed by atoms with van der Waals surface area (Å²) in [5.74, 6) is -6.28. The molecule has 4 nitrogen and oxygen atoms in total. The van der Waals surface area contributed by atoms with Crippen LogP contribution in [0.3, 0.4) is 0 Å². The molecule has 0 bridgehead atoms. The monoisotopic (exact) mass is 394 g/mol. The van der Waals surface area contributed by atoms with Crippen LogP contribution >= 0.6 is 23.2 Å². The maximum Gasteiger partial charge on any atom is 0.328 e. The molecule has 0 aliphatic heterocycles. The SMILES string of the molecule is CN(C(=O)NC(=O)c1c(F)cccc1F)c1cc(Cl)c(F)c(Cl)c1F. The summed E-state index contributed by atoms with van der Waals surface area (Å²) in [6.07, 6.45) is 0. The summed E-state index contributed by atoms with van der Waals surface area (Å²) in [4.78, 5) is 24.4. The van der Waals surface area contributed by atoms with Crippen molar-refractivity contribution in [1.82, 2.24) is 5.32 Å². The van der Waals surface area contributed by atoms with E-state index in [1.54, 1.807) is 5.32 Å². The van der Waals surface area contributed by atoms with Gasteiger partial charge in [0.1, 0.15) is 22.2 Å². The fourth-order valence-electron chi connectivity index (χ4n) is 1.87. The Bertz CT molecular complexity index is 857. The lowest BCUT2D eigenvalue weighted by Crippen LogP contribution is -2.41. The number of benzene rings is 2. The molecule has 132 valence electrons. The third kappa shape index (κ3) is 3.69. The molecular formula is C15H8Cl2F4N2O2. The molecule has 0 aromatic heterocycles. The first kappa shape index (κ1) is 19.0. The lowest BCUT2D eigenvalue weighted by molar-refractivity contribution is 0.0957. The van der Waals surface area contributed by atoms with E-state index in [1.807, 2.05) is 0 Å². The molecule has 3 amide bonds.